The quantitative estimate of drug-likeness (QED) is 0.643. The maximum Gasteiger partial charge on any atom is 0.189 e. The molecule has 1 aliphatic rings. The molecule has 3 N–H and O–H groups in total. The topological polar surface area (TPSA) is 59.6 Å². The Labute approximate surface area is 145 Å². The van der Waals surface area contributed by atoms with Crippen molar-refractivity contribution in [3.8, 4) is 5.75 Å². The number of nitrogens with two attached hydrogens (primary N) is 1. The number of hydrogen-bond acceptors (Lipinski definition) is 2. The summed E-state index contributed by atoms with van der Waals surface area (Å²) in [6.45, 7) is 0.417. The molecule has 2 aromatic carbocycles. The highest BCUT2D eigenvalue weighted by atomic mass is 35.5. The van der Waals surface area contributed by atoms with Gasteiger partial charge in [0.25, 0.3) is 0 Å². The number of aliphatic imine (C=N–C) groups is 1. The SMILES string of the molecule is COc1ccccc1CN=C(N)N[C@@H]1C[C@H]1c1c(F)cccc1Cl. The maximum atomic E-state index is 13.9. The molecule has 1 fully saturated rings. The average molecular weight is 348 g/mol. The molecule has 0 radical (unpaired) electrons. The lowest BCUT2D eigenvalue weighted by Gasteiger charge is -2.09. The lowest BCUT2D eigenvalue weighted by atomic mass is 10.1. The lowest BCUT2D eigenvalue weighted by molar-refractivity contribution is 0.410. The first-order chi connectivity index (χ1) is 11.6. The Balaban J connectivity index is 1.61. The smallest absolute Gasteiger partial charge is 0.189 e. The van der Waals surface area contributed by atoms with Gasteiger partial charge in [-0.15, -0.1) is 0 Å². The number of nitrogens with one attached hydrogen (secondary N) is 1. The van der Waals surface area contributed by atoms with Crippen LogP contribution in [-0.2, 0) is 6.54 Å². The second-order valence-electron chi connectivity index (χ2n) is 5.74. The first kappa shape index (κ1) is 16.6. The summed E-state index contributed by atoms with van der Waals surface area (Å²) in [5.74, 6) is 0.859. The number of halogens is 2. The van der Waals surface area contributed by atoms with Gasteiger partial charge in [0.15, 0.2) is 5.96 Å². The van der Waals surface area contributed by atoms with Crippen LogP contribution in [0.3, 0.4) is 0 Å². The van der Waals surface area contributed by atoms with Crippen LogP contribution >= 0.6 is 11.6 Å². The van der Waals surface area contributed by atoms with Gasteiger partial charge in [-0.25, -0.2) is 9.38 Å². The molecule has 0 aliphatic heterocycles. The zero-order valence-corrected chi connectivity index (χ0v) is 14.1. The molecule has 0 amide bonds. The largest absolute Gasteiger partial charge is 0.496 e. The molecule has 6 heteroatoms. The highest BCUT2D eigenvalue weighted by molar-refractivity contribution is 6.31. The van der Waals surface area contributed by atoms with Crippen LogP contribution in [0.5, 0.6) is 5.75 Å². The second-order valence-corrected chi connectivity index (χ2v) is 6.15. The fourth-order valence-electron chi connectivity index (χ4n) is 2.78. The number of hydrogen-bond donors (Lipinski definition) is 2. The first-order valence-corrected chi connectivity index (χ1v) is 8.10. The number of nitrogens with zero attached hydrogens (tertiary/aromatic N) is 1. The summed E-state index contributed by atoms with van der Waals surface area (Å²) in [4.78, 5) is 4.33. The van der Waals surface area contributed by atoms with E-state index < -0.39 is 0 Å². The van der Waals surface area contributed by atoms with Gasteiger partial charge in [-0.1, -0.05) is 35.9 Å². The molecule has 0 spiro atoms. The zero-order chi connectivity index (χ0) is 17.1. The summed E-state index contributed by atoms with van der Waals surface area (Å²) >= 11 is 6.10. The molecular formula is C18H19ClFN3O. The van der Waals surface area contributed by atoms with E-state index in [1.54, 1.807) is 19.2 Å². The molecule has 0 heterocycles. The summed E-state index contributed by atoms with van der Waals surface area (Å²) in [6.07, 6.45) is 0.783. The Hall–Kier alpha value is -2.27. The van der Waals surface area contributed by atoms with Gasteiger partial charge < -0.3 is 15.8 Å². The predicted molar refractivity (Wildman–Crippen MR) is 94.0 cm³/mol. The fourth-order valence-corrected chi connectivity index (χ4v) is 3.08. The number of rotatable bonds is 5. The predicted octanol–water partition coefficient (Wildman–Crippen LogP) is 3.45. The Morgan fingerprint density at radius 1 is 1.33 bits per heavy atom. The van der Waals surface area contributed by atoms with Crippen molar-refractivity contribution in [3.63, 3.8) is 0 Å². The van der Waals surface area contributed by atoms with E-state index in [1.807, 2.05) is 24.3 Å². The maximum absolute atomic E-state index is 13.9. The van der Waals surface area contributed by atoms with Crippen LogP contribution in [0.25, 0.3) is 0 Å². The highest BCUT2D eigenvalue weighted by Gasteiger charge is 2.41. The number of para-hydroxylation sites is 1. The molecule has 1 aliphatic carbocycles. The Bertz CT molecular complexity index is 745. The van der Waals surface area contributed by atoms with Crippen LogP contribution in [-0.4, -0.2) is 19.1 Å². The minimum atomic E-state index is -0.277. The summed E-state index contributed by atoms with van der Waals surface area (Å²) in [5, 5.41) is 3.58. The van der Waals surface area contributed by atoms with Gasteiger partial charge in [0, 0.05) is 28.1 Å². The summed E-state index contributed by atoms with van der Waals surface area (Å²) < 4.78 is 19.2. The van der Waals surface area contributed by atoms with Crippen LogP contribution in [0.15, 0.2) is 47.5 Å². The first-order valence-electron chi connectivity index (χ1n) is 7.72. The van der Waals surface area contributed by atoms with Gasteiger partial charge in [0.2, 0.25) is 0 Å². The molecule has 2 aromatic rings. The molecule has 24 heavy (non-hydrogen) atoms. The van der Waals surface area contributed by atoms with E-state index in [0.29, 0.717) is 23.1 Å². The normalized spacial score (nSPS) is 19.9. The number of benzene rings is 2. The fraction of sp³-hybridized carbons (Fsp3) is 0.278. The van der Waals surface area contributed by atoms with Gasteiger partial charge in [-0.2, -0.15) is 0 Å². The number of guanidine groups is 1. The average Bonchev–Trinajstić information content (AvgIpc) is 3.31. The van der Waals surface area contributed by atoms with Crippen molar-refractivity contribution in [2.24, 2.45) is 10.7 Å². The Kier molecular flexibility index (Phi) is 4.90. The van der Waals surface area contributed by atoms with E-state index in [-0.39, 0.29) is 17.8 Å². The summed E-state index contributed by atoms with van der Waals surface area (Å²) in [7, 11) is 1.62. The molecule has 1 saturated carbocycles. The molecule has 0 bridgehead atoms. The molecule has 4 nitrogen and oxygen atoms in total. The second kappa shape index (κ2) is 7.09. The third-order valence-corrected chi connectivity index (χ3v) is 4.44. The van der Waals surface area contributed by atoms with Crippen molar-refractivity contribution in [2.75, 3.05) is 7.11 Å². The molecule has 0 unspecified atom stereocenters. The van der Waals surface area contributed by atoms with Gasteiger partial charge in [-0.05, 0) is 24.6 Å². The molecule has 126 valence electrons. The van der Waals surface area contributed by atoms with E-state index in [9.17, 15) is 4.39 Å². The standard InChI is InChI=1S/C18H19ClFN3O/c1-24-16-8-3-2-5-11(16)10-22-18(21)23-15-9-12(15)17-13(19)6-4-7-14(17)20/h2-8,12,15H,9-10H2,1H3,(H3,21,22,23)/t12-,15-/m1/s1. The minimum Gasteiger partial charge on any atom is -0.496 e. The van der Waals surface area contributed by atoms with Crippen LogP contribution in [0.1, 0.15) is 23.5 Å². The van der Waals surface area contributed by atoms with Gasteiger partial charge in [0.1, 0.15) is 11.6 Å². The van der Waals surface area contributed by atoms with Crippen molar-refractivity contribution in [3.05, 3.63) is 64.4 Å². The van der Waals surface area contributed by atoms with Crippen molar-refractivity contribution in [2.45, 2.75) is 24.9 Å². The van der Waals surface area contributed by atoms with E-state index in [2.05, 4.69) is 10.3 Å². The Morgan fingerprint density at radius 2 is 2.12 bits per heavy atom. The molecule has 0 saturated heterocycles. The van der Waals surface area contributed by atoms with Crippen LogP contribution in [0, 0.1) is 5.82 Å². The number of ether oxygens (including phenoxy) is 1. The van der Waals surface area contributed by atoms with E-state index in [0.717, 1.165) is 17.7 Å². The van der Waals surface area contributed by atoms with Gasteiger partial charge in [0.05, 0.1) is 13.7 Å². The zero-order valence-electron chi connectivity index (χ0n) is 13.3. The van der Waals surface area contributed by atoms with Crippen molar-refractivity contribution < 1.29 is 9.13 Å². The molecule has 2 atom stereocenters. The van der Waals surface area contributed by atoms with Gasteiger partial charge in [-0.3, -0.25) is 0 Å². The lowest BCUT2D eigenvalue weighted by Crippen LogP contribution is -2.34. The Morgan fingerprint density at radius 3 is 2.88 bits per heavy atom. The minimum absolute atomic E-state index is 0.0266. The van der Waals surface area contributed by atoms with E-state index in [1.165, 1.54) is 6.07 Å². The number of methoxy groups -OCH3 is 1. The van der Waals surface area contributed by atoms with Crippen LogP contribution in [0.2, 0.25) is 5.02 Å². The van der Waals surface area contributed by atoms with Crippen molar-refractivity contribution in [1.29, 1.82) is 0 Å². The summed E-state index contributed by atoms with van der Waals surface area (Å²) in [6, 6.07) is 12.4. The summed E-state index contributed by atoms with van der Waals surface area (Å²) in [5.41, 5.74) is 7.44. The van der Waals surface area contributed by atoms with Crippen molar-refractivity contribution in [1.82, 2.24) is 5.32 Å². The van der Waals surface area contributed by atoms with Crippen molar-refractivity contribution >= 4 is 17.6 Å². The molecule has 0 aromatic heterocycles. The third-order valence-electron chi connectivity index (χ3n) is 4.11. The van der Waals surface area contributed by atoms with Crippen LogP contribution < -0.4 is 15.8 Å². The third kappa shape index (κ3) is 3.62. The molecular weight excluding hydrogens is 329 g/mol. The van der Waals surface area contributed by atoms with Gasteiger partial charge >= 0.3 is 0 Å². The molecule has 3 rings (SSSR count). The van der Waals surface area contributed by atoms with E-state index >= 15 is 0 Å². The van der Waals surface area contributed by atoms with Crippen LogP contribution in [0.4, 0.5) is 4.39 Å². The monoisotopic (exact) mass is 347 g/mol. The van der Waals surface area contributed by atoms with E-state index in [4.69, 9.17) is 22.1 Å². The highest BCUT2D eigenvalue weighted by Crippen LogP contribution is 2.44.